The molecule has 3 aromatic carbocycles. The molecule has 1 aromatic heterocycles. The van der Waals surface area contributed by atoms with Gasteiger partial charge in [-0.2, -0.15) is 0 Å². The summed E-state index contributed by atoms with van der Waals surface area (Å²) in [6.45, 7) is 4.39. The van der Waals surface area contributed by atoms with Crippen LogP contribution in [0, 0.1) is 13.8 Å². The summed E-state index contributed by atoms with van der Waals surface area (Å²) in [5, 5.41) is 8.18. The Kier molecular flexibility index (Phi) is 5.04. The number of amides is 1. The molecule has 2 N–H and O–H groups in total. The van der Waals surface area contributed by atoms with E-state index in [1.54, 1.807) is 7.05 Å². The van der Waals surface area contributed by atoms with Gasteiger partial charge in [0.15, 0.2) is 0 Å². The molecule has 29 heavy (non-hydrogen) atoms. The van der Waals surface area contributed by atoms with Gasteiger partial charge in [0.2, 0.25) is 0 Å². The van der Waals surface area contributed by atoms with Gasteiger partial charge in [0.05, 0.1) is 16.7 Å². The third-order valence-corrected chi connectivity index (χ3v) is 4.88. The van der Waals surface area contributed by atoms with Gasteiger partial charge in [-0.05, 0) is 54.8 Å². The average Bonchev–Trinajstić information content (AvgIpc) is 2.72. The number of nitrogens with zero attached hydrogens (tertiary/aromatic N) is 1. The van der Waals surface area contributed by atoms with Crippen molar-refractivity contribution >= 4 is 39.3 Å². The van der Waals surface area contributed by atoms with Crippen molar-refractivity contribution in [2.24, 2.45) is 0 Å². The molecule has 146 valence electrons. The number of nitrogens with one attached hydrogen (secondary N) is 2. The van der Waals surface area contributed by atoms with Crippen molar-refractivity contribution in [1.29, 1.82) is 0 Å². The standard InChI is InChI=1S/C24H23N3O2/c1-15-4-10-19-21(12-15)27-22-13-16(2)5-11-20(22)23(19)26-18-8-6-17(7-9-18)14-29-24(28)25-3/h4-13H,14H2,1-3H3,(H,25,28)(H,26,27). The number of carbonyl (C=O) groups excluding carboxylic acids is 1. The van der Waals surface area contributed by atoms with Crippen LogP contribution in [0.2, 0.25) is 0 Å². The largest absolute Gasteiger partial charge is 0.445 e. The van der Waals surface area contributed by atoms with Crippen LogP contribution in [0.3, 0.4) is 0 Å². The number of aryl methyl sites for hydroxylation is 2. The molecule has 0 saturated carbocycles. The van der Waals surface area contributed by atoms with Crippen molar-refractivity contribution in [3.05, 3.63) is 77.4 Å². The summed E-state index contributed by atoms with van der Waals surface area (Å²) >= 11 is 0. The number of alkyl carbamates (subject to hydrolysis) is 1. The van der Waals surface area contributed by atoms with E-state index >= 15 is 0 Å². The fourth-order valence-electron chi connectivity index (χ4n) is 3.35. The molecular weight excluding hydrogens is 362 g/mol. The number of aromatic nitrogens is 1. The summed E-state index contributed by atoms with van der Waals surface area (Å²) in [5.41, 5.74) is 7.24. The quantitative estimate of drug-likeness (QED) is 0.449. The minimum Gasteiger partial charge on any atom is -0.445 e. The Morgan fingerprint density at radius 1 is 0.897 bits per heavy atom. The predicted octanol–water partition coefficient (Wildman–Crippen LogP) is 5.60. The molecule has 0 fully saturated rings. The lowest BCUT2D eigenvalue weighted by Crippen LogP contribution is -2.18. The fourth-order valence-corrected chi connectivity index (χ4v) is 3.35. The van der Waals surface area contributed by atoms with Crippen molar-refractivity contribution in [3.8, 4) is 0 Å². The molecule has 0 aliphatic carbocycles. The number of hydrogen-bond donors (Lipinski definition) is 2. The van der Waals surface area contributed by atoms with E-state index in [0.717, 1.165) is 38.7 Å². The van der Waals surface area contributed by atoms with Crippen molar-refractivity contribution < 1.29 is 9.53 Å². The molecule has 1 amide bonds. The summed E-state index contributed by atoms with van der Waals surface area (Å²) in [7, 11) is 1.54. The fraction of sp³-hybridized carbons (Fsp3) is 0.167. The van der Waals surface area contributed by atoms with Crippen molar-refractivity contribution in [2.45, 2.75) is 20.5 Å². The van der Waals surface area contributed by atoms with Gasteiger partial charge in [-0.15, -0.1) is 0 Å². The Balaban J connectivity index is 1.71. The van der Waals surface area contributed by atoms with E-state index in [1.807, 2.05) is 24.3 Å². The van der Waals surface area contributed by atoms with Crippen molar-refractivity contribution in [3.63, 3.8) is 0 Å². The first-order valence-corrected chi connectivity index (χ1v) is 9.55. The van der Waals surface area contributed by atoms with Crippen LogP contribution in [0.1, 0.15) is 16.7 Å². The molecule has 0 saturated heterocycles. The molecule has 5 heteroatoms. The molecule has 1 heterocycles. The smallest absolute Gasteiger partial charge is 0.407 e. The van der Waals surface area contributed by atoms with Gasteiger partial charge >= 0.3 is 6.09 Å². The van der Waals surface area contributed by atoms with Gasteiger partial charge in [-0.1, -0.05) is 36.4 Å². The molecule has 0 bridgehead atoms. The molecule has 0 unspecified atom stereocenters. The van der Waals surface area contributed by atoms with Crippen LogP contribution in [0.5, 0.6) is 0 Å². The van der Waals surface area contributed by atoms with Gasteiger partial charge in [0.25, 0.3) is 0 Å². The highest BCUT2D eigenvalue weighted by molar-refractivity contribution is 6.08. The van der Waals surface area contributed by atoms with Gasteiger partial charge in [0, 0.05) is 23.5 Å². The topological polar surface area (TPSA) is 63.2 Å². The summed E-state index contributed by atoms with van der Waals surface area (Å²) in [6.07, 6.45) is -0.437. The van der Waals surface area contributed by atoms with Crippen LogP contribution in [0.4, 0.5) is 16.2 Å². The van der Waals surface area contributed by atoms with E-state index in [-0.39, 0.29) is 6.61 Å². The highest BCUT2D eigenvalue weighted by atomic mass is 16.5. The van der Waals surface area contributed by atoms with Crippen LogP contribution in [-0.4, -0.2) is 18.1 Å². The number of hydrogen-bond acceptors (Lipinski definition) is 4. The second-order valence-electron chi connectivity index (χ2n) is 7.18. The number of anilines is 2. The van der Waals surface area contributed by atoms with Crippen LogP contribution in [0.15, 0.2) is 60.7 Å². The Labute approximate surface area is 169 Å². The maximum absolute atomic E-state index is 11.2. The number of ether oxygens (including phenoxy) is 1. The van der Waals surface area contributed by atoms with E-state index in [9.17, 15) is 4.79 Å². The first-order chi connectivity index (χ1) is 14.0. The Morgan fingerprint density at radius 3 is 2.03 bits per heavy atom. The summed E-state index contributed by atoms with van der Waals surface area (Å²) in [5.74, 6) is 0. The van der Waals surface area contributed by atoms with E-state index in [2.05, 4.69) is 60.9 Å². The minimum absolute atomic E-state index is 0.236. The minimum atomic E-state index is -0.437. The van der Waals surface area contributed by atoms with E-state index in [0.29, 0.717) is 0 Å². The lowest BCUT2D eigenvalue weighted by Gasteiger charge is -2.14. The molecule has 5 nitrogen and oxygen atoms in total. The zero-order valence-corrected chi connectivity index (χ0v) is 16.7. The normalized spacial score (nSPS) is 10.9. The zero-order chi connectivity index (χ0) is 20.4. The van der Waals surface area contributed by atoms with Crippen LogP contribution in [-0.2, 0) is 11.3 Å². The van der Waals surface area contributed by atoms with Gasteiger partial charge < -0.3 is 15.4 Å². The molecule has 0 aliphatic heterocycles. The maximum atomic E-state index is 11.2. The van der Waals surface area contributed by atoms with Crippen molar-refractivity contribution in [2.75, 3.05) is 12.4 Å². The summed E-state index contributed by atoms with van der Waals surface area (Å²) < 4.78 is 5.09. The van der Waals surface area contributed by atoms with Crippen molar-refractivity contribution in [1.82, 2.24) is 10.3 Å². The molecular formula is C24H23N3O2. The average molecular weight is 385 g/mol. The van der Waals surface area contributed by atoms with Crippen LogP contribution in [0.25, 0.3) is 21.8 Å². The Bertz CT molecular complexity index is 1140. The highest BCUT2D eigenvalue weighted by Crippen LogP contribution is 2.34. The second kappa shape index (κ2) is 7.80. The maximum Gasteiger partial charge on any atom is 0.407 e. The summed E-state index contributed by atoms with van der Waals surface area (Å²) in [6, 6.07) is 20.5. The van der Waals surface area contributed by atoms with Gasteiger partial charge in [0.1, 0.15) is 6.61 Å². The highest BCUT2D eigenvalue weighted by Gasteiger charge is 2.10. The molecule has 0 spiro atoms. The molecule has 0 radical (unpaired) electrons. The van der Waals surface area contributed by atoms with Gasteiger partial charge in [-0.3, -0.25) is 0 Å². The second-order valence-corrected chi connectivity index (χ2v) is 7.18. The molecule has 0 aliphatic rings. The number of pyridine rings is 1. The molecule has 4 aromatic rings. The number of benzene rings is 3. The SMILES string of the molecule is CNC(=O)OCc1ccc(Nc2c3ccc(C)cc3nc3cc(C)ccc23)cc1. The molecule has 4 rings (SSSR count). The first kappa shape index (κ1) is 18.7. The van der Waals surface area contributed by atoms with E-state index < -0.39 is 6.09 Å². The lowest BCUT2D eigenvalue weighted by molar-refractivity contribution is 0.142. The van der Waals surface area contributed by atoms with E-state index in [4.69, 9.17) is 9.72 Å². The van der Waals surface area contributed by atoms with Gasteiger partial charge in [-0.25, -0.2) is 9.78 Å². The lowest BCUT2D eigenvalue weighted by atomic mass is 10.0. The van der Waals surface area contributed by atoms with E-state index in [1.165, 1.54) is 11.1 Å². The third-order valence-electron chi connectivity index (χ3n) is 4.88. The number of fused-ring (bicyclic) bond motifs is 2. The number of carbonyl (C=O) groups is 1. The monoisotopic (exact) mass is 385 g/mol. The third kappa shape index (κ3) is 3.99. The summed E-state index contributed by atoms with van der Waals surface area (Å²) in [4.78, 5) is 16.1. The predicted molar refractivity (Wildman–Crippen MR) is 118 cm³/mol. The number of rotatable bonds is 4. The Morgan fingerprint density at radius 2 is 1.48 bits per heavy atom. The first-order valence-electron chi connectivity index (χ1n) is 9.55. The van der Waals surface area contributed by atoms with Crippen LogP contribution < -0.4 is 10.6 Å². The Hall–Kier alpha value is -3.60. The van der Waals surface area contributed by atoms with Crippen LogP contribution >= 0.6 is 0 Å². The molecule has 0 atom stereocenters. The zero-order valence-electron chi connectivity index (χ0n) is 16.7.